The van der Waals surface area contributed by atoms with Crippen molar-refractivity contribution in [3.05, 3.63) is 60.5 Å². The minimum atomic E-state index is -5.14. The number of rotatable bonds is 4. The van der Waals surface area contributed by atoms with Crippen molar-refractivity contribution in [2.24, 2.45) is 0 Å². The number of nitrogen functional groups attached to an aromatic ring is 1. The molecule has 5 rings (SSSR count). The van der Waals surface area contributed by atoms with Crippen molar-refractivity contribution in [2.45, 2.75) is 69.9 Å². The summed E-state index contributed by atoms with van der Waals surface area (Å²) in [6, 6.07) is 8.36. The lowest BCUT2D eigenvalue weighted by atomic mass is 10.0. The third-order valence-electron chi connectivity index (χ3n) is 6.56. The SMILES string of the molecule is CC1CCCO1.Nc1ccc(Br)cc1C1CCCO1.O=C(Nc1c(C2CCCO2)cc(Br)cc1[N+](=O)[O-])C(F)(F)F. The highest BCUT2D eigenvalue weighted by Gasteiger charge is 2.41. The van der Waals surface area contributed by atoms with E-state index in [-0.39, 0.29) is 11.7 Å². The minimum Gasteiger partial charge on any atom is -0.398 e. The fourth-order valence-corrected chi connectivity index (χ4v) is 5.38. The van der Waals surface area contributed by atoms with Gasteiger partial charge in [-0.05, 0) is 69.7 Å². The van der Waals surface area contributed by atoms with Crippen LogP contribution in [-0.2, 0) is 19.0 Å². The quantitative estimate of drug-likeness (QED) is 0.189. The molecule has 0 aromatic heterocycles. The fraction of sp³-hybridized carbons (Fsp3) is 0.519. The van der Waals surface area contributed by atoms with Gasteiger partial charge in [0.2, 0.25) is 0 Å². The van der Waals surface area contributed by atoms with Gasteiger partial charge in [-0.3, -0.25) is 14.9 Å². The molecule has 3 N–H and O–H groups in total. The summed E-state index contributed by atoms with van der Waals surface area (Å²) in [4.78, 5) is 21.4. The molecular formula is C27H32Br2F3N3O6. The molecule has 2 aromatic carbocycles. The van der Waals surface area contributed by atoms with Crippen LogP contribution in [0.5, 0.6) is 0 Å². The van der Waals surface area contributed by atoms with E-state index in [0.29, 0.717) is 30.0 Å². The van der Waals surface area contributed by atoms with Crippen molar-refractivity contribution in [2.75, 3.05) is 30.9 Å². The van der Waals surface area contributed by atoms with Gasteiger partial charge >= 0.3 is 12.1 Å². The molecule has 3 saturated heterocycles. The van der Waals surface area contributed by atoms with Crippen LogP contribution in [0, 0.1) is 10.1 Å². The predicted molar refractivity (Wildman–Crippen MR) is 155 cm³/mol. The summed E-state index contributed by atoms with van der Waals surface area (Å²) >= 11 is 6.51. The van der Waals surface area contributed by atoms with Gasteiger partial charge < -0.3 is 25.3 Å². The van der Waals surface area contributed by atoms with Gasteiger partial charge in [-0.25, -0.2) is 0 Å². The molecule has 0 saturated carbocycles. The van der Waals surface area contributed by atoms with E-state index in [1.165, 1.54) is 18.9 Å². The summed E-state index contributed by atoms with van der Waals surface area (Å²) in [5, 5.41) is 12.7. The number of hydrogen-bond acceptors (Lipinski definition) is 7. The number of ether oxygens (including phenoxy) is 3. The van der Waals surface area contributed by atoms with E-state index < -0.39 is 34.5 Å². The minimum absolute atomic E-state index is 0.149. The molecule has 2 aromatic rings. The Balaban J connectivity index is 0.000000202. The Morgan fingerprint density at radius 3 is 1.98 bits per heavy atom. The number of amides is 1. The van der Waals surface area contributed by atoms with Crippen molar-refractivity contribution >= 4 is 54.8 Å². The number of alkyl halides is 3. The van der Waals surface area contributed by atoms with Gasteiger partial charge in [-0.15, -0.1) is 0 Å². The molecule has 9 nitrogen and oxygen atoms in total. The smallest absolute Gasteiger partial charge is 0.398 e. The van der Waals surface area contributed by atoms with Gasteiger partial charge in [0.15, 0.2) is 0 Å². The molecule has 3 aliphatic heterocycles. The van der Waals surface area contributed by atoms with E-state index in [2.05, 4.69) is 38.8 Å². The predicted octanol–water partition coefficient (Wildman–Crippen LogP) is 7.78. The Kier molecular flexibility index (Phi) is 12.4. The topological polar surface area (TPSA) is 126 Å². The molecule has 3 unspecified atom stereocenters. The van der Waals surface area contributed by atoms with Crippen LogP contribution in [0.25, 0.3) is 0 Å². The van der Waals surface area contributed by atoms with Crippen LogP contribution in [0.2, 0.25) is 0 Å². The average Bonchev–Trinajstić information content (AvgIpc) is 3.70. The van der Waals surface area contributed by atoms with Crippen molar-refractivity contribution < 1.29 is 37.1 Å². The zero-order chi connectivity index (χ0) is 30.2. The number of carbonyl (C=O) groups is 1. The van der Waals surface area contributed by atoms with Crippen molar-refractivity contribution in [3.63, 3.8) is 0 Å². The number of nitro benzene ring substituents is 1. The van der Waals surface area contributed by atoms with Crippen LogP contribution < -0.4 is 11.1 Å². The normalized spacial score (nSPS) is 21.9. The van der Waals surface area contributed by atoms with Gasteiger partial charge in [0.1, 0.15) is 5.69 Å². The summed E-state index contributed by atoms with van der Waals surface area (Å²) in [6.07, 6.45) is 0.940. The second kappa shape index (κ2) is 15.3. The van der Waals surface area contributed by atoms with Crippen molar-refractivity contribution in [3.8, 4) is 0 Å². The maximum Gasteiger partial charge on any atom is 0.471 e. The van der Waals surface area contributed by atoms with E-state index in [1.54, 1.807) is 5.32 Å². The summed E-state index contributed by atoms with van der Waals surface area (Å²) < 4.78 is 54.8. The number of halogens is 5. The van der Waals surface area contributed by atoms with Crippen LogP contribution in [0.4, 0.5) is 30.2 Å². The third kappa shape index (κ3) is 9.91. The van der Waals surface area contributed by atoms with Crippen molar-refractivity contribution in [1.82, 2.24) is 0 Å². The Hall–Kier alpha value is -2.26. The maximum atomic E-state index is 12.4. The van der Waals surface area contributed by atoms with E-state index in [9.17, 15) is 28.1 Å². The van der Waals surface area contributed by atoms with E-state index in [1.807, 2.05) is 18.2 Å². The molecule has 3 fully saturated rings. The maximum absolute atomic E-state index is 12.4. The molecular weight excluding hydrogens is 679 g/mol. The highest BCUT2D eigenvalue weighted by Crippen LogP contribution is 2.41. The molecule has 226 valence electrons. The first-order valence-corrected chi connectivity index (χ1v) is 14.7. The third-order valence-corrected chi connectivity index (χ3v) is 7.52. The molecule has 0 spiro atoms. The molecule has 3 heterocycles. The Morgan fingerprint density at radius 1 is 0.951 bits per heavy atom. The number of nitrogens with zero attached hydrogens (tertiary/aromatic N) is 1. The van der Waals surface area contributed by atoms with Gasteiger partial charge in [-0.1, -0.05) is 31.9 Å². The van der Waals surface area contributed by atoms with Crippen LogP contribution >= 0.6 is 31.9 Å². The number of nitrogens with one attached hydrogen (secondary N) is 1. The standard InChI is InChI=1S/C12H10BrF3N2O4.C10H12BrNO.C5H10O/c13-6-4-7(9-2-1-3-22-9)10(8(5-6)18(20)21)17-11(19)12(14,15)16;11-7-3-4-9(12)8(6-7)10-2-1-5-13-10;1-5-3-2-4-6-5/h4-5,9H,1-3H2,(H,17,19);3-4,6,10H,1-2,5,12H2;5H,2-4H2,1H3. The van der Waals surface area contributed by atoms with E-state index in [0.717, 1.165) is 47.8 Å². The number of benzene rings is 2. The molecule has 0 radical (unpaired) electrons. The van der Waals surface area contributed by atoms with Crippen LogP contribution in [0.15, 0.2) is 39.3 Å². The van der Waals surface area contributed by atoms with Gasteiger partial charge in [0.25, 0.3) is 5.69 Å². The molecule has 1 amide bonds. The monoisotopic (exact) mass is 709 g/mol. The lowest BCUT2D eigenvalue weighted by Gasteiger charge is -2.17. The zero-order valence-corrected chi connectivity index (χ0v) is 25.5. The second-order valence-electron chi connectivity index (χ2n) is 9.70. The second-order valence-corrected chi connectivity index (χ2v) is 11.5. The number of nitro groups is 1. The molecule has 3 atom stereocenters. The number of hydrogen-bond donors (Lipinski definition) is 2. The Labute approximate surface area is 252 Å². The van der Waals surface area contributed by atoms with Crippen LogP contribution in [0.3, 0.4) is 0 Å². The first kappa shape index (κ1) is 33.2. The summed E-state index contributed by atoms with van der Waals surface area (Å²) in [6.45, 7) is 4.36. The first-order valence-electron chi connectivity index (χ1n) is 13.1. The number of anilines is 2. The lowest BCUT2D eigenvalue weighted by molar-refractivity contribution is -0.384. The Bertz CT molecular complexity index is 1200. The molecule has 41 heavy (non-hydrogen) atoms. The summed E-state index contributed by atoms with van der Waals surface area (Å²) in [7, 11) is 0. The Morgan fingerprint density at radius 2 is 1.51 bits per heavy atom. The molecule has 0 bridgehead atoms. The first-order chi connectivity index (χ1) is 19.4. The highest BCUT2D eigenvalue weighted by atomic mass is 79.9. The van der Waals surface area contributed by atoms with Crippen LogP contribution in [-0.4, -0.2) is 42.9 Å². The summed E-state index contributed by atoms with van der Waals surface area (Å²) in [5.74, 6) is -2.27. The fourth-order valence-electron chi connectivity index (χ4n) is 4.54. The molecule has 14 heteroatoms. The average molecular weight is 711 g/mol. The van der Waals surface area contributed by atoms with Crippen LogP contribution in [0.1, 0.15) is 68.8 Å². The highest BCUT2D eigenvalue weighted by molar-refractivity contribution is 9.10. The summed E-state index contributed by atoms with van der Waals surface area (Å²) in [5.41, 5.74) is 6.85. The number of nitrogens with two attached hydrogens (primary N) is 1. The molecule has 3 aliphatic rings. The van der Waals surface area contributed by atoms with E-state index in [4.69, 9.17) is 19.9 Å². The molecule has 0 aliphatic carbocycles. The van der Waals surface area contributed by atoms with E-state index >= 15 is 0 Å². The largest absolute Gasteiger partial charge is 0.471 e. The van der Waals surface area contributed by atoms with Gasteiger partial charge in [0, 0.05) is 51.6 Å². The zero-order valence-electron chi connectivity index (χ0n) is 22.3. The lowest BCUT2D eigenvalue weighted by Crippen LogP contribution is -2.30. The van der Waals surface area contributed by atoms with Gasteiger partial charge in [-0.2, -0.15) is 13.2 Å². The number of carbonyl (C=O) groups excluding carboxylic acids is 1. The van der Waals surface area contributed by atoms with Gasteiger partial charge in [0.05, 0.1) is 23.2 Å². The van der Waals surface area contributed by atoms with Crippen molar-refractivity contribution in [1.29, 1.82) is 0 Å².